The number of fused-ring (bicyclic) bond motifs is 2. The predicted molar refractivity (Wildman–Crippen MR) is 124 cm³/mol. The van der Waals surface area contributed by atoms with E-state index in [-0.39, 0.29) is 16.6 Å². The normalized spacial score (nSPS) is 11.0. The molecule has 2 aliphatic rings. The van der Waals surface area contributed by atoms with Gasteiger partial charge < -0.3 is 14.6 Å². The highest BCUT2D eigenvalue weighted by Crippen LogP contribution is 2.42. The molecule has 0 unspecified atom stereocenters. The smallest absolute Gasteiger partial charge is 0.336 e. The van der Waals surface area contributed by atoms with Gasteiger partial charge >= 0.3 is 11.9 Å². The molecule has 160 valence electrons. The van der Waals surface area contributed by atoms with Crippen molar-refractivity contribution in [3.63, 3.8) is 0 Å². The van der Waals surface area contributed by atoms with Crippen LogP contribution in [-0.2, 0) is 0 Å². The maximum absolute atomic E-state index is 12.0. The quantitative estimate of drug-likeness (QED) is 0.354. The highest BCUT2D eigenvalue weighted by Gasteiger charge is 2.21. The van der Waals surface area contributed by atoms with E-state index in [4.69, 9.17) is 9.52 Å². The zero-order valence-electron chi connectivity index (χ0n) is 17.1. The van der Waals surface area contributed by atoms with E-state index in [0.717, 1.165) is 11.1 Å². The minimum atomic E-state index is -1.05. The largest absolute Gasteiger partial charge is 0.478 e. The average Bonchev–Trinajstić information content (AvgIpc) is 2.82. The molecule has 6 heteroatoms. The molecule has 5 rings (SSSR count). The first-order valence-corrected chi connectivity index (χ1v) is 10.1. The van der Waals surface area contributed by atoms with Crippen molar-refractivity contribution in [1.82, 2.24) is 0 Å². The molecule has 0 bridgehead atoms. The lowest BCUT2D eigenvalue weighted by Crippen LogP contribution is -2.03. The van der Waals surface area contributed by atoms with Gasteiger partial charge in [-0.05, 0) is 59.2 Å². The SMILES string of the molecule is O=C(O)c1ccc(-c2ccc3c(-c4ccccc4C(=O)O)c4ccc(=O)cc-4oc3c2)cc1. The van der Waals surface area contributed by atoms with Crippen molar-refractivity contribution in [2.24, 2.45) is 0 Å². The van der Waals surface area contributed by atoms with E-state index < -0.39 is 11.9 Å². The molecule has 0 radical (unpaired) electrons. The van der Waals surface area contributed by atoms with Crippen LogP contribution in [0, 0.1) is 0 Å². The van der Waals surface area contributed by atoms with Gasteiger partial charge in [0.05, 0.1) is 11.1 Å². The van der Waals surface area contributed by atoms with Gasteiger partial charge in [0.15, 0.2) is 5.43 Å². The molecule has 0 saturated carbocycles. The van der Waals surface area contributed by atoms with Crippen LogP contribution < -0.4 is 5.43 Å². The molecular weight excluding hydrogens is 420 g/mol. The predicted octanol–water partition coefficient (Wildman–Crippen LogP) is 5.63. The molecule has 3 aromatic carbocycles. The number of carboxylic acids is 2. The van der Waals surface area contributed by atoms with Crippen molar-refractivity contribution in [3.8, 4) is 33.6 Å². The lowest BCUT2D eigenvalue weighted by molar-refractivity contribution is 0.0686. The molecule has 0 saturated heterocycles. The Hall–Kier alpha value is -4.71. The van der Waals surface area contributed by atoms with E-state index in [1.165, 1.54) is 24.3 Å². The van der Waals surface area contributed by atoms with E-state index in [0.29, 0.717) is 33.4 Å². The van der Waals surface area contributed by atoms with Crippen LogP contribution in [0.1, 0.15) is 20.7 Å². The first kappa shape index (κ1) is 20.2. The van der Waals surface area contributed by atoms with Crippen LogP contribution in [0.2, 0.25) is 0 Å². The topological polar surface area (TPSA) is 105 Å². The van der Waals surface area contributed by atoms with Crippen LogP contribution in [0.4, 0.5) is 0 Å². The summed E-state index contributed by atoms with van der Waals surface area (Å²) in [5.41, 5.74) is 3.99. The van der Waals surface area contributed by atoms with Gasteiger partial charge in [0.2, 0.25) is 0 Å². The summed E-state index contributed by atoms with van der Waals surface area (Å²) in [4.78, 5) is 35.1. The molecule has 1 heterocycles. The summed E-state index contributed by atoms with van der Waals surface area (Å²) in [6.07, 6.45) is 0. The molecule has 33 heavy (non-hydrogen) atoms. The first-order chi connectivity index (χ1) is 15.9. The summed E-state index contributed by atoms with van der Waals surface area (Å²) in [6.45, 7) is 0. The monoisotopic (exact) mass is 436 g/mol. The van der Waals surface area contributed by atoms with E-state index in [1.807, 2.05) is 12.1 Å². The molecule has 0 amide bonds. The van der Waals surface area contributed by atoms with Crippen molar-refractivity contribution in [1.29, 1.82) is 0 Å². The lowest BCUT2D eigenvalue weighted by Gasteiger charge is -2.17. The highest BCUT2D eigenvalue weighted by molar-refractivity contribution is 6.08. The van der Waals surface area contributed by atoms with Crippen LogP contribution in [0.3, 0.4) is 0 Å². The van der Waals surface area contributed by atoms with Crippen LogP contribution in [0.15, 0.2) is 94.1 Å². The molecular formula is C27H16O6. The maximum atomic E-state index is 12.0. The third-order valence-corrected chi connectivity index (χ3v) is 5.59. The Balaban J connectivity index is 1.80. The fraction of sp³-hybridized carbons (Fsp3) is 0. The van der Waals surface area contributed by atoms with Gasteiger partial charge in [0.1, 0.15) is 11.3 Å². The third kappa shape index (κ3) is 3.53. The molecule has 0 fully saturated rings. The number of carbonyl (C=O) groups is 2. The first-order valence-electron chi connectivity index (χ1n) is 10.1. The third-order valence-electron chi connectivity index (χ3n) is 5.59. The Morgan fingerprint density at radius 2 is 1.42 bits per heavy atom. The molecule has 1 aliphatic carbocycles. The average molecular weight is 436 g/mol. The number of benzene rings is 4. The van der Waals surface area contributed by atoms with Crippen molar-refractivity contribution in [3.05, 3.63) is 106 Å². The molecule has 2 N–H and O–H groups in total. The Bertz CT molecular complexity index is 1580. The maximum Gasteiger partial charge on any atom is 0.336 e. The van der Waals surface area contributed by atoms with Crippen LogP contribution in [-0.4, -0.2) is 22.2 Å². The van der Waals surface area contributed by atoms with Gasteiger partial charge in [-0.1, -0.05) is 36.4 Å². The number of aromatic carboxylic acids is 2. The van der Waals surface area contributed by atoms with E-state index in [2.05, 4.69) is 0 Å². The summed E-state index contributed by atoms with van der Waals surface area (Å²) in [7, 11) is 0. The summed E-state index contributed by atoms with van der Waals surface area (Å²) < 4.78 is 6.07. The standard InChI is InChI=1S/C27H16O6/c28-18-10-12-22-24(14-18)33-23-13-17(15-5-7-16(8-6-15)26(29)30)9-11-21(23)25(22)19-3-1-2-4-20(19)27(31)32/h1-14H,(H,29,30)(H,31,32). The lowest BCUT2D eigenvalue weighted by atomic mass is 9.90. The minimum absolute atomic E-state index is 0.144. The zero-order valence-corrected chi connectivity index (χ0v) is 17.1. The van der Waals surface area contributed by atoms with Crippen molar-refractivity contribution in [2.45, 2.75) is 0 Å². The summed E-state index contributed by atoms with van der Waals surface area (Å²) in [5, 5.41) is 19.6. The summed E-state index contributed by atoms with van der Waals surface area (Å²) >= 11 is 0. The zero-order chi connectivity index (χ0) is 23.1. The van der Waals surface area contributed by atoms with Gasteiger partial charge in [-0.3, -0.25) is 4.79 Å². The second kappa shape index (κ2) is 7.76. The molecule has 0 aromatic heterocycles. The van der Waals surface area contributed by atoms with Crippen molar-refractivity contribution >= 4 is 22.9 Å². The fourth-order valence-corrected chi connectivity index (χ4v) is 4.03. The van der Waals surface area contributed by atoms with Crippen LogP contribution >= 0.6 is 0 Å². The Morgan fingerprint density at radius 1 is 0.697 bits per heavy atom. The Kier molecular flexibility index (Phi) is 4.75. The number of hydrogen-bond donors (Lipinski definition) is 2. The summed E-state index contributed by atoms with van der Waals surface area (Å²) in [6, 6.07) is 23.2. The van der Waals surface area contributed by atoms with Gasteiger partial charge in [0, 0.05) is 22.6 Å². The second-order valence-corrected chi connectivity index (χ2v) is 7.58. The molecule has 6 nitrogen and oxygen atoms in total. The second-order valence-electron chi connectivity index (χ2n) is 7.58. The molecule has 0 atom stereocenters. The Labute approximate surface area is 187 Å². The minimum Gasteiger partial charge on any atom is -0.478 e. The van der Waals surface area contributed by atoms with Gasteiger partial charge in [-0.2, -0.15) is 0 Å². The van der Waals surface area contributed by atoms with Gasteiger partial charge in [-0.15, -0.1) is 0 Å². The fourth-order valence-electron chi connectivity index (χ4n) is 4.03. The molecule has 3 aromatic rings. The van der Waals surface area contributed by atoms with Gasteiger partial charge in [0.25, 0.3) is 0 Å². The van der Waals surface area contributed by atoms with Gasteiger partial charge in [-0.25, -0.2) is 9.59 Å². The number of carboxylic acid groups (broad SMARTS) is 2. The van der Waals surface area contributed by atoms with E-state index in [1.54, 1.807) is 48.5 Å². The highest BCUT2D eigenvalue weighted by atomic mass is 16.4. The van der Waals surface area contributed by atoms with E-state index >= 15 is 0 Å². The van der Waals surface area contributed by atoms with Crippen LogP contribution in [0.5, 0.6) is 0 Å². The molecule has 1 aliphatic heterocycles. The van der Waals surface area contributed by atoms with Crippen molar-refractivity contribution < 1.29 is 24.2 Å². The van der Waals surface area contributed by atoms with Crippen molar-refractivity contribution in [2.75, 3.05) is 0 Å². The number of rotatable bonds is 4. The van der Waals surface area contributed by atoms with E-state index in [9.17, 15) is 19.5 Å². The molecule has 0 spiro atoms. The van der Waals surface area contributed by atoms with Crippen LogP contribution in [0.25, 0.3) is 44.5 Å². The summed E-state index contributed by atoms with van der Waals surface area (Å²) in [5.74, 6) is -1.71. The Morgan fingerprint density at radius 3 is 2.15 bits per heavy atom. The number of hydrogen-bond acceptors (Lipinski definition) is 4.